The number of fused-ring (bicyclic) bond motifs is 3. The van der Waals surface area contributed by atoms with Crippen LogP contribution in [0.4, 0.5) is 0 Å². The Morgan fingerprint density at radius 1 is 0.596 bits per heavy atom. The number of nitrogens with zero attached hydrogens (tertiary/aromatic N) is 4. The Kier molecular flexibility index (Phi) is 12.5. The third-order valence-corrected chi connectivity index (χ3v) is 8.97. The number of benzene rings is 3. The summed E-state index contributed by atoms with van der Waals surface area (Å²) in [5.41, 5.74) is 3.55. The monoisotopic (exact) mass is 752 g/mol. The molecule has 0 aliphatic carbocycles. The quantitative estimate of drug-likeness (QED) is 0.0641. The van der Waals surface area contributed by atoms with Crippen molar-refractivity contribution in [1.29, 1.82) is 0 Å². The molecule has 0 saturated carbocycles. The van der Waals surface area contributed by atoms with Gasteiger partial charge in [0.1, 0.15) is 0 Å². The molecule has 248 valence electrons. The van der Waals surface area contributed by atoms with Crippen molar-refractivity contribution in [1.82, 2.24) is 19.5 Å². The van der Waals surface area contributed by atoms with Crippen molar-refractivity contribution in [2.75, 3.05) is 6.61 Å². The molecule has 0 atom stereocenters. The largest absolute Gasteiger partial charge is 0.462 e. The Balaban J connectivity index is 0.966. The van der Waals surface area contributed by atoms with E-state index in [1.54, 1.807) is 24.3 Å². The molecule has 0 spiro atoms. The van der Waals surface area contributed by atoms with Crippen molar-refractivity contribution in [2.45, 2.75) is 71.9 Å². The summed E-state index contributed by atoms with van der Waals surface area (Å²) in [6.45, 7) is 1.42. The van der Waals surface area contributed by atoms with E-state index >= 15 is 0 Å². The van der Waals surface area contributed by atoms with Crippen LogP contribution < -0.4 is 0 Å². The standard InChI is InChI=1S/C35H34Cl6N4O2/c36-34(37,38)32-42-30(43-33(44-32)35(39,40)41)24-18-20-25(21-19-24)31(46)47-23-13-7-5-3-1-2-4-6-12-22-45-28-16-10-8-14-26(28)27-15-9-11-17-29(27)45/h8-11,14-21H,1-7,12-13,22-23H2. The molecule has 2 heterocycles. The normalized spacial score (nSPS) is 12.2. The van der Waals surface area contributed by atoms with Crippen molar-refractivity contribution in [2.24, 2.45) is 0 Å². The zero-order valence-electron chi connectivity index (χ0n) is 25.6. The lowest BCUT2D eigenvalue weighted by Gasteiger charge is -2.15. The molecule has 5 aromatic rings. The number of alkyl halides is 6. The molecule has 0 bridgehead atoms. The Labute approximate surface area is 304 Å². The van der Waals surface area contributed by atoms with E-state index in [0.717, 1.165) is 25.8 Å². The molecular formula is C35H34Cl6N4O2. The summed E-state index contributed by atoms with van der Waals surface area (Å²) >= 11 is 35.7. The molecule has 47 heavy (non-hydrogen) atoms. The molecule has 6 nitrogen and oxygen atoms in total. The SMILES string of the molecule is O=C(OCCCCCCCCCCCn1c2ccccc2c2ccccc21)c1ccc(-c2nc(C(Cl)(Cl)Cl)nc(C(Cl)(Cl)Cl)n2)cc1. The highest BCUT2D eigenvalue weighted by atomic mass is 35.6. The van der Waals surface area contributed by atoms with Crippen LogP contribution in [0, 0.1) is 0 Å². The fourth-order valence-corrected chi connectivity index (χ4v) is 6.12. The summed E-state index contributed by atoms with van der Waals surface area (Å²) in [5.74, 6) is -0.661. The molecule has 12 heteroatoms. The summed E-state index contributed by atoms with van der Waals surface area (Å²) < 4.78 is 4.03. The zero-order chi connectivity index (χ0) is 33.4. The number of carbonyl (C=O) groups is 1. The van der Waals surface area contributed by atoms with E-state index in [0.29, 0.717) is 17.7 Å². The number of halogens is 6. The molecule has 0 aliphatic heterocycles. The molecule has 5 rings (SSSR count). The zero-order valence-corrected chi connectivity index (χ0v) is 30.1. The molecule has 2 aromatic heterocycles. The van der Waals surface area contributed by atoms with Crippen LogP contribution in [0.2, 0.25) is 0 Å². The van der Waals surface area contributed by atoms with E-state index in [1.165, 1.54) is 60.3 Å². The van der Waals surface area contributed by atoms with E-state index in [2.05, 4.69) is 68.0 Å². The van der Waals surface area contributed by atoms with E-state index in [1.807, 2.05) is 0 Å². The van der Waals surface area contributed by atoms with Gasteiger partial charge in [0.05, 0.1) is 12.2 Å². The first kappa shape index (κ1) is 36.0. The summed E-state index contributed by atoms with van der Waals surface area (Å²) in [7, 11) is 0. The smallest absolute Gasteiger partial charge is 0.338 e. The predicted octanol–water partition coefficient (Wildman–Crippen LogP) is 11.7. The predicted molar refractivity (Wildman–Crippen MR) is 195 cm³/mol. The minimum Gasteiger partial charge on any atom is -0.462 e. The Morgan fingerprint density at radius 3 is 1.57 bits per heavy atom. The first-order valence-corrected chi connectivity index (χ1v) is 17.9. The lowest BCUT2D eigenvalue weighted by Crippen LogP contribution is -2.16. The second kappa shape index (κ2) is 16.4. The fraction of sp³-hybridized carbons (Fsp3) is 0.371. The number of hydrogen-bond donors (Lipinski definition) is 0. The van der Waals surface area contributed by atoms with Crippen molar-refractivity contribution in [3.05, 3.63) is 90.0 Å². The third kappa shape index (κ3) is 9.65. The van der Waals surface area contributed by atoms with Crippen LogP contribution in [0.15, 0.2) is 72.8 Å². The highest BCUT2D eigenvalue weighted by molar-refractivity contribution is 6.67. The molecule has 3 aromatic carbocycles. The van der Waals surface area contributed by atoms with Crippen LogP contribution in [0.1, 0.15) is 79.8 Å². The summed E-state index contributed by atoms with van der Waals surface area (Å²) in [5, 5.41) is 2.67. The van der Waals surface area contributed by atoms with Gasteiger partial charge >= 0.3 is 5.97 Å². The summed E-state index contributed by atoms with van der Waals surface area (Å²) in [6, 6.07) is 23.9. The molecule has 0 N–H and O–H groups in total. The van der Waals surface area contributed by atoms with Gasteiger partial charge in [-0.3, -0.25) is 0 Å². The Bertz CT molecular complexity index is 1710. The minimum atomic E-state index is -1.96. The van der Waals surface area contributed by atoms with Gasteiger partial charge in [-0.05, 0) is 37.1 Å². The highest BCUT2D eigenvalue weighted by Crippen LogP contribution is 2.40. The first-order valence-electron chi connectivity index (χ1n) is 15.7. The average Bonchev–Trinajstić information content (AvgIpc) is 3.37. The number of ether oxygens (including phenoxy) is 1. The maximum Gasteiger partial charge on any atom is 0.338 e. The van der Waals surface area contributed by atoms with E-state index in [-0.39, 0.29) is 17.5 Å². The van der Waals surface area contributed by atoms with E-state index < -0.39 is 13.6 Å². The number of unbranched alkanes of at least 4 members (excludes halogenated alkanes) is 8. The number of esters is 1. The number of aromatic nitrogens is 4. The molecule has 0 radical (unpaired) electrons. The van der Waals surface area contributed by atoms with Crippen molar-refractivity contribution in [3.8, 4) is 11.4 Å². The lowest BCUT2D eigenvalue weighted by atomic mass is 10.1. The molecule has 0 fully saturated rings. The van der Waals surface area contributed by atoms with Crippen LogP contribution in [0.3, 0.4) is 0 Å². The second-order valence-corrected chi connectivity index (χ2v) is 15.9. The van der Waals surface area contributed by atoms with E-state index in [4.69, 9.17) is 74.3 Å². The van der Waals surface area contributed by atoms with Crippen molar-refractivity contribution < 1.29 is 9.53 Å². The second-order valence-electron chi connectivity index (χ2n) is 11.4. The van der Waals surface area contributed by atoms with Gasteiger partial charge in [-0.1, -0.05) is 163 Å². The average molecular weight is 755 g/mol. The van der Waals surface area contributed by atoms with Crippen LogP contribution in [0.25, 0.3) is 33.2 Å². The minimum absolute atomic E-state index is 0.127. The highest BCUT2D eigenvalue weighted by Gasteiger charge is 2.34. The molecule has 0 unspecified atom stereocenters. The number of para-hydroxylation sites is 2. The first-order chi connectivity index (χ1) is 22.5. The van der Waals surface area contributed by atoms with Crippen LogP contribution >= 0.6 is 69.6 Å². The fourth-order valence-electron chi connectivity index (χ4n) is 5.62. The topological polar surface area (TPSA) is 69.9 Å². The number of aryl methyl sites for hydroxylation is 1. The van der Waals surface area contributed by atoms with Crippen LogP contribution in [-0.4, -0.2) is 32.1 Å². The van der Waals surface area contributed by atoms with Gasteiger partial charge in [-0.25, -0.2) is 19.7 Å². The van der Waals surface area contributed by atoms with Crippen molar-refractivity contribution >= 4 is 97.4 Å². The van der Waals surface area contributed by atoms with Gasteiger partial charge in [-0.15, -0.1) is 0 Å². The Morgan fingerprint density at radius 2 is 1.06 bits per heavy atom. The van der Waals surface area contributed by atoms with Gasteiger partial charge in [0.2, 0.25) is 7.59 Å². The maximum absolute atomic E-state index is 12.6. The third-order valence-electron chi connectivity index (χ3n) is 7.96. The van der Waals surface area contributed by atoms with E-state index in [9.17, 15) is 4.79 Å². The van der Waals surface area contributed by atoms with Gasteiger partial charge in [0, 0.05) is 33.9 Å². The van der Waals surface area contributed by atoms with Gasteiger partial charge in [-0.2, -0.15) is 0 Å². The number of carbonyl (C=O) groups excluding carboxylic acids is 1. The number of rotatable bonds is 14. The molecule has 0 amide bonds. The molecule has 0 saturated heterocycles. The Hall–Kier alpha value is -2.32. The van der Waals surface area contributed by atoms with Gasteiger partial charge < -0.3 is 9.30 Å². The molecular weight excluding hydrogens is 721 g/mol. The lowest BCUT2D eigenvalue weighted by molar-refractivity contribution is 0.0497. The number of hydrogen-bond acceptors (Lipinski definition) is 5. The maximum atomic E-state index is 12.6. The summed E-state index contributed by atoms with van der Waals surface area (Å²) in [6.07, 6.45) is 10.3. The van der Waals surface area contributed by atoms with Crippen LogP contribution in [-0.2, 0) is 18.9 Å². The van der Waals surface area contributed by atoms with Gasteiger partial charge in [0.25, 0.3) is 0 Å². The molecule has 0 aliphatic rings. The van der Waals surface area contributed by atoms with Crippen molar-refractivity contribution in [3.63, 3.8) is 0 Å². The summed E-state index contributed by atoms with van der Waals surface area (Å²) in [4.78, 5) is 24.9. The van der Waals surface area contributed by atoms with Crippen LogP contribution in [0.5, 0.6) is 0 Å². The van der Waals surface area contributed by atoms with Gasteiger partial charge in [0.15, 0.2) is 17.5 Å².